The Kier molecular flexibility index (Phi) is 5.00. The van der Waals surface area contributed by atoms with Crippen LogP contribution in [-0.4, -0.2) is 35.2 Å². The maximum Gasteiger partial charge on any atom is 0.258 e. The summed E-state index contributed by atoms with van der Waals surface area (Å²) in [5, 5.41) is 9.34. The first-order chi connectivity index (χ1) is 10.9. The number of benzene rings is 1. The lowest BCUT2D eigenvalue weighted by Crippen LogP contribution is -2.33. The van der Waals surface area contributed by atoms with Gasteiger partial charge in [-0.2, -0.15) is 0 Å². The zero-order valence-electron chi connectivity index (χ0n) is 13.6. The van der Waals surface area contributed by atoms with Gasteiger partial charge in [0.05, 0.1) is 13.7 Å². The van der Waals surface area contributed by atoms with Crippen molar-refractivity contribution in [3.63, 3.8) is 0 Å². The second kappa shape index (κ2) is 6.95. The standard InChI is InChI=1S/C16H20N4O3/c1-10-6-5-7-13(11(10)2)18-14(21)8-17-15(22)12-9-20(3)19-16(12)23-4/h5-7,9H,8H2,1-4H3,(H,17,22)(H,18,21). The molecule has 0 aliphatic heterocycles. The SMILES string of the molecule is COc1nn(C)cc1C(=O)NCC(=O)Nc1cccc(C)c1C. The van der Waals surface area contributed by atoms with E-state index < -0.39 is 5.91 Å². The normalized spacial score (nSPS) is 10.3. The Morgan fingerprint density at radius 3 is 2.74 bits per heavy atom. The van der Waals surface area contributed by atoms with Gasteiger partial charge in [-0.1, -0.05) is 12.1 Å². The van der Waals surface area contributed by atoms with E-state index in [0.717, 1.165) is 16.8 Å². The molecule has 0 saturated heterocycles. The minimum absolute atomic E-state index is 0.135. The molecule has 0 spiro atoms. The van der Waals surface area contributed by atoms with Crippen molar-refractivity contribution >= 4 is 17.5 Å². The minimum Gasteiger partial charge on any atom is -0.479 e. The van der Waals surface area contributed by atoms with E-state index in [4.69, 9.17) is 4.74 Å². The highest BCUT2D eigenvalue weighted by Crippen LogP contribution is 2.18. The van der Waals surface area contributed by atoms with Gasteiger partial charge in [-0.15, -0.1) is 5.10 Å². The van der Waals surface area contributed by atoms with E-state index in [1.54, 1.807) is 7.05 Å². The van der Waals surface area contributed by atoms with Crippen LogP contribution in [0.5, 0.6) is 5.88 Å². The Morgan fingerprint density at radius 1 is 1.30 bits per heavy atom. The molecule has 1 aromatic heterocycles. The predicted molar refractivity (Wildman–Crippen MR) is 86.6 cm³/mol. The quantitative estimate of drug-likeness (QED) is 0.873. The monoisotopic (exact) mass is 316 g/mol. The van der Waals surface area contributed by atoms with Gasteiger partial charge < -0.3 is 15.4 Å². The van der Waals surface area contributed by atoms with Crippen LogP contribution in [0, 0.1) is 13.8 Å². The van der Waals surface area contributed by atoms with Crippen LogP contribution in [0.2, 0.25) is 0 Å². The van der Waals surface area contributed by atoms with E-state index in [9.17, 15) is 9.59 Å². The van der Waals surface area contributed by atoms with Crippen LogP contribution in [0.15, 0.2) is 24.4 Å². The summed E-state index contributed by atoms with van der Waals surface area (Å²) < 4.78 is 6.50. The lowest BCUT2D eigenvalue weighted by atomic mass is 10.1. The first kappa shape index (κ1) is 16.5. The molecule has 122 valence electrons. The Bertz CT molecular complexity index is 737. The van der Waals surface area contributed by atoms with Crippen molar-refractivity contribution in [1.29, 1.82) is 0 Å². The molecule has 0 aliphatic carbocycles. The molecule has 2 aromatic rings. The molecule has 7 heteroatoms. The number of hydrogen-bond acceptors (Lipinski definition) is 4. The highest BCUT2D eigenvalue weighted by atomic mass is 16.5. The number of aryl methyl sites for hydroxylation is 2. The molecule has 0 bridgehead atoms. The van der Waals surface area contributed by atoms with Crippen molar-refractivity contribution in [2.75, 3.05) is 19.0 Å². The molecular weight excluding hydrogens is 296 g/mol. The summed E-state index contributed by atoms with van der Waals surface area (Å²) in [5.41, 5.74) is 3.12. The average molecular weight is 316 g/mol. The Balaban J connectivity index is 1.96. The summed E-state index contributed by atoms with van der Waals surface area (Å²) in [6.45, 7) is 3.77. The number of methoxy groups -OCH3 is 1. The first-order valence-electron chi connectivity index (χ1n) is 7.14. The van der Waals surface area contributed by atoms with Crippen LogP contribution in [0.3, 0.4) is 0 Å². The molecule has 2 amide bonds. The van der Waals surface area contributed by atoms with Crippen molar-refractivity contribution in [3.05, 3.63) is 41.1 Å². The molecule has 23 heavy (non-hydrogen) atoms. The molecule has 2 rings (SSSR count). The van der Waals surface area contributed by atoms with Crippen LogP contribution >= 0.6 is 0 Å². The second-order valence-corrected chi connectivity index (χ2v) is 5.20. The topological polar surface area (TPSA) is 85.2 Å². The van der Waals surface area contributed by atoms with E-state index in [1.807, 2.05) is 32.0 Å². The van der Waals surface area contributed by atoms with Gasteiger partial charge in [0.1, 0.15) is 5.56 Å². The first-order valence-corrected chi connectivity index (χ1v) is 7.14. The third-order valence-electron chi connectivity index (χ3n) is 3.52. The lowest BCUT2D eigenvalue weighted by molar-refractivity contribution is -0.115. The van der Waals surface area contributed by atoms with E-state index in [-0.39, 0.29) is 23.9 Å². The van der Waals surface area contributed by atoms with Crippen molar-refractivity contribution in [1.82, 2.24) is 15.1 Å². The van der Waals surface area contributed by atoms with Crippen LogP contribution in [0.4, 0.5) is 5.69 Å². The number of rotatable bonds is 5. The number of hydrogen-bond donors (Lipinski definition) is 2. The average Bonchev–Trinajstić information content (AvgIpc) is 2.90. The summed E-state index contributed by atoms with van der Waals surface area (Å²) in [6.07, 6.45) is 1.54. The Labute approximate surface area is 134 Å². The van der Waals surface area contributed by atoms with Crippen molar-refractivity contribution in [3.8, 4) is 5.88 Å². The summed E-state index contributed by atoms with van der Waals surface area (Å²) >= 11 is 0. The van der Waals surface area contributed by atoms with Crippen LogP contribution in [-0.2, 0) is 11.8 Å². The summed E-state index contributed by atoms with van der Waals surface area (Å²) in [6, 6.07) is 5.67. The van der Waals surface area contributed by atoms with E-state index in [0.29, 0.717) is 0 Å². The zero-order valence-corrected chi connectivity index (χ0v) is 13.6. The fraction of sp³-hybridized carbons (Fsp3) is 0.312. The molecule has 7 nitrogen and oxygen atoms in total. The molecule has 2 N–H and O–H groups in total. The molecular formula is C16H20N4O3. The molecule has 1 heterocycles. The van der Waals surface area contributed by atoms with Crippen molar-refractivity contribution < 1.29 is 14.3 Å². The van der Waals surface area contributed by atoms with Gasteiger partial charge >= 0.3 is 0 Å². The molecule has 0 unspecified atom stereocenters. The lowest BCUT2D eigenvalue weighted by Gasteiger charge is -2.10. The van der Waals surface area contributed by atoms with Gasteiger partial charge in [0.15, 0.2) is 0 Å². The summed E-state index contributed by atoms with van der Waals surface area (Å²) in [5.74, 6) is -0.485. The molecule has 0 atom stereocenters. The highest BCUT2D eigenvalue weighted by molar-refractivity contribution is 6.00. The molecule has 0 fully saturated rings. The fourth-order valence-electron chi connectivity index (χ4n) is 2.11. The van der Waals surface area contributed by atoms with Crippen LogP contribution < -0.4 is 15.4 Å². The molecule has 0 saturated carbocycles. The Morgan fingerprint density at radius 2 is 2.04 bits per heavy atom. The van der Waals surface area contributed by atoms with Crippen LogP contribution in [0.25, 0.3) is 0 Å². The van der Waals surface area contributed by atoms with Crippen LogP contribution in [0.1, 0.15) is 21.5 Å². The second-order valence-electron chi connectivity index (χ2n) is 5.20. The third kappa shape index (κ3) is 3.88. The van der Waals surface area contributed by atoms with Gasteiger partial charge in [0.25, 0.3) is 5.91 Å². The van der Waals surface area contributed by atoms with Gasteiger partial charge in [-0.25, -0.2) is 0 Å². The highest BCUT2D eigenvalue weighted by Gasteiger charge is 2.17. The van der Waals surface area contributed by atoms with Gasteiger partial charge in [0, 0.05) is 18.9 Å². The van der Waals surface area contributed by atoms with E-state index >= 15 is 0 Å². The van der Waals surface area contributed by atoms with Crippen molar-refractivity contribution in [2.24, 2.45) is 7.05 Å². The predicted octanol–water partition coefficient (Wildman–Crippen LogP) is 1.41. The summed E-state index contributed by atoms with van der Waals surface area (Å²) in [7, 11) is 3.12. The maximum absolute atomic E-state index is 12.1. The number of aromatic nitrogens is 2. The zero-order chi connectivity index (χ0) is 17.0. The van der Waals surface area contributed by atoms with E-state index in [2.05, 4.69) is 15.7 Å². The molecule has 0 aliphatic rings. The largest absolute Gasteiger partial charge is 0.479 e. The minimum atomic E-state index is -0.411. The number of ether oxygens (including phenoxy) is 1. The van der Waals surface area contributed by atoms with Crippen molar-refractivity contribution in [2.45, 2.75) is 13.8 Å². The van der Waals surface area contributed by atoms with Gasteiger partial charge in [0.2, 0.25) is 11.8 Å². The number of carbonyl (C=O) groups is 2. The van der Waals surface area contributed by atoms with Gasteiger partial charge in [-0.05, 0) is 31.0 Å². The number of carbonyl (C=O) groups excluding carboxylic acids is 2. The third-order valence-corrected chi connectivity index (χ3v) is 3.52. The summed E-state index contributed by atoms with van der Waals surface area (Å²) in [4.78, 5) is 24.1. The van der Waals surface area contributed by atoms with E-state index in [1.165, 1.54) is 18.0 Å². The maximum atomic E-state index is 12.1. The fourth-order valence-corrected chi connectivity index (χ4v) is 2.11. The van der Waals surface area contributed by atoms with Gasteiger partial charge in [-0.3, -0.25) is 14.3 Å². The number of amides is 2. The number of nitrogens with zero attached hydrogens (tertiary/aromatic N) is 2. The molecule has 0 radical (unpaired) electrons. The number of anilines is 1. The molecule has 1 aromatic carbocycles. The Hall–Kier alpha value is -2.83. The smallest absolute Gasteiger partial charge is 0.258 e. The number of nitrogens with one attached hydrogen (secondary N) is 2.